The molecule has 0 radical (unpaired) electrons. The Labute approximate surface area is 130 Å². The summed E-state index contributed by atoms with van der Waals surface area (Å²) in [6.07, 6.45) is 4.14. The minimum atomic E-state index is -0.795. The summed E-state index contributed by atoms with van der Waals surface area (Å²) in [5, 5.41) is 10.7. The Morgan fingerprint density at radius 2 is 2.18 bits per heavy atom. The predicted molar refractivity (Wildman–Crippen MR) is 80.4 cm³/mol. The van der Waals surface area contributed by atoms with Crippen molar-refractivity contribution in [3.63, 3.8) is 0 Å². The van der Waals surface area contributed by atoms with Crippen molar-refractivity contribution in [2.24, 2.45) is 0 Å². The summed E-state index contributed by atoms with van der Waals surface area (Å²) in [5.74, 6) is 0.870. The fraction of sp³-hybridized carbons (Fsp3) is 0.733. The number of β-amino-alcohol motifs (C(OH)–C–C–N with tert-alkyl or cyclic N) is 1. The molecular formula is C15H24N4O3. The lowest BCUT2D eigenvalue weighted by molar-refractivity contribution is -0.132. The normalized spacial score (nSPS) is 26.5. The second kappa shape index (κ2) is 6.36. The van der Waals surface area contributed by atoms with Gasteiger partial charge in [-0.15, -0.1) is 0 Å². The van der Waals surface area contributed by atoms with Crippen molar-refractivity contribution in [2.45, 2.75) is 25.5 Å². The van der Waals surface area contributed by atoms with Crippen molar-refractivity contribution in [3.05, 3.63) is 18.2 Å². The van der Waals surface area contributed by atoms with Crippen LogP contribution in [0.4, 0.5) is 0 Å². The molecule has 2 aliphatic heterocycles. The number of rotatable bonds is 4. The number of hydrogen-bond acceptors (Lipinski definition) is 5. The minimum Gasteiger partial charge on any atom is -0.387 e. The van der Waals surface area contributed by atoms with Crippen molar-refractivity contribution in [1.82, 2.24) is 19.4 Å². The number of nitrogens with zero attached hydrogens (tertiary/aromatic N) is 4. The fourth-order valence-corrected chi connectivity index (χ4v) is 3.19. The van der Waals surface area contributed by atoms with Gasteiger partial charge in [0.2, 0.25) is 5.91 Å². The number of amides is 1. The summed E-state index contributed by atoms with van der Waals surface area (Å²) in [6.45, 7) is 6.96. The Kier molecular flexibility index (Phi) is 4.46. The van der Waals surface area contributed by atoms with Crippen molar-refractivity contribution in [1.29, 1.82) is 0 Å². The molecule has 0 spiro atoms. The Bertz CT molecular complexity index is 527. The van der Waals surface area contributed by atoms with Crippen LogP contribution in [0, 0.1) is 6.92 Å². The van der Waals surface area contributed by atoms with Crippen molar-refractivity contribution in [2.75, 3.05) is 45.9 Å². The maximum Gasteiger partial charge on any atom is 0.242 e. The third-order valence-corrected chi connectivity index (χ3v) is 4.54. The number of ether oxygens (including phenoxy) is 1. The van der Waals surface area contributed by atoms with Crippen molar-refractivity contribution < 1.29 is 14.6 Å². The van der Waals surface area contributed by atoms with E-state index in [-0.39, 0.29) is 5.91 Å². The number of hydrogen-bond donors (Lipinski definition) is 1. The smallest absolute Gasteiger partial charge is 0.242 e. The molecule has 0 aliphatic carbocycles. The summed E-state index contributed by atoms with van der Waals surface area (Å²) in [5.41, 5.74) is -0.795. The largest absolute Gasteiger partial charge is 0.387 e. The number of carbonyl (C=O) groups is 1. The highest BCUT2D eigenvalue weighted by molar-refractivity contribution is 5.76. The van der Waals surface area contributed by atoms with E-state index in [2.05, 4.69) is 9.88 Å². The number of morpholine rings is 1. The van der Waals surface area contributed by atoms with Gasteiger partial charge in [-0.2, -0.15) is 0 Å². The van der Waals surface area contributed by atoms with E-state index in [1.807, 2.05) is 17.7 Å². The zero-order valence-electron chi connectivity index (χ0n) is 13.1. The monoisotopic (exact) mass is 308 g/mol. The van der Waals surface area contributed by atoms with E-state index in [0.717, 1.165) is 32.1 Å². The van der Waals surface area contributed by atoms with Gasteiger partial charge in [-0.3, -0.25) is 9.69 Å². The molecule has 122 valence electrons. The topological polar surface area (TPSA) is 70.8 Å². The predicted octanol–water partition coefficient (Wildman–Crippen LogP) is -0.513. The summed E-state index contributed by atoms with van der Waals surface area (Å²) in [4.78, 5) is 20.5. The Morgan fingerprint density at radius 1 is 1.41 bits per heavy atom. The molecular weight excluding hydrogens is 284 g/mol. The molecule has 2 aliphatic rings. The van der Waals surface area contributed by atoms with Crippen LogP contribution in [-0.2, 0) is 16.1 Å². The lowest BCUT2D eigenvalue weighted by Gasteiger charge is -2.33. The van der Waals surface area contributed by atoms with Crippen LogP contribution in [0.5, 0.6) is 0 Å². The fourth-order valence-electron chi connectivity index (χ4n) is 3.19. The van der Waals surface area contributed by atoms with Gasteiger partial charge in [-0.05, 0) is 13.3 Å². The van der Waals surface area contributed by atoms with Crippen LogP contribution in [-0.4, -0.2) is 81.9 Å². The number of aliphatic hydroxyl groups is 1. The molecule has 0 unspecified atom stereocenters. The van der Waals surface area contributed by atoms with E-state index in [9.17, 15) is 9.90 Å². The Morgan fingerprint density at radius 3 is 2.86 bits per heavy atom. The average Bonchev–Trinajstić information content (AvgIpc) is 3.07. The number of imidazole rings is 1. The lowest BCUT2D eigenvalue weighted by atomic mass is 10.0. The Balaban J connectivity index is 1.54. The number of aryl methyl sites for hydroxylation is 1. The standard InChI is InChI=1S/C15H24N4O3/c1-13-16-3-5-18(13)10-14(20)19-4-2-15(21,12-19)11-17-6-8-22-9-7-17/h3,5,21H,2,4,6-12H2,1H3/t15-/m0/s1. The van der Waals surface area contributed by atoms with Gasteiger partial charge in [0.25, 0.3) is 0 Å². The van der Waals surface area contributed by atoms with Gasteiger partial charge in [0.1, 0.15) is 12.4 Å². The first-order valence-corrected chi connectivity index (χ1v) is 7.84. The van der Waals surface area contributed by atoms with Gasteiger partial charge in [0, 0.05) is 38.6 Å². The zero-order valence-corrected chi connectivity index (χ0v) is 13.1. The number of likely N-dealkylation sites (tertiary alicyclic amines) is 1. The SMILES string of the molecule is Cc1nccn1CC(=O)N1CC[C@](O)(CN2CCOCC2)C1. The highest BCUT2D eigenvalue weighted by Gasteiger charge is 2.39. The van der Waals surface area contributed by atoms with Gasteiger partial charge >= 0.3 is 0 Å². The molecule has 7 nitrogen and oxygen atoms in total. The van der Waals surface area contributed by atoms with E-state index in [1.165, 1.54) is 0 Å². The maximum absolute atomic E-state index is 12.4. The molecule has 1 aromatic rings. The van der Waals surface area contributed by atoms with E-state index >= 15 is 0 Å². The average molecular weight is 308 g/mol. The molecule has 2 saturated heterocycles. The van der Waals surface area contributed by atoms with E-state index < -0.39 is 5.60 Å². The summed E-state index contributed by atoms with van der Waals surface area (Å²) in [6, 6.07) is 0. The molecule has 2 fully saturated rings. The van der Waals surface area contributed by atoms with Gasteiger partial charge in [0.05, 0.1) is 25.4 Å². The summed E-state index contributed by atoms with van der Waals surface area (Å²) < 4.78 is 7.16. The van der Waals surface area contributed by atoms with Crippen LogP contribution in [0.25, 0.3) is 0 Å². The van der Waals surface area contributed by atoms with Crippen molar-refractivity contribution >= 4 is 5.91 Å². The second-order valence-corrected chi connectivity index (χ2v) is 6.28. The zero-order chi connectivity index (χ0) is 15.6. The van der Waals surface area contributed by atoms with Gasteiger partial charge < -0.3 is 19.3 Å². The molecule has 1 N–H and O–H groups in total. The first kappa shape index (κ1) is 15.5. The van der Waals surface area contributed by atoms with Crippen LogP contribution < -0.4 is 0 Å². The van der Waals surface area contributed by atoms with Crippen LogP contribution in [0.15, 0.2) is 12.4 Å². The molecule has 1 amide bonds. The molecule has 0 saturated carbocycles. The molecule has 0 bridgehead atoms. The minimum absolute atomic E-state index is 0.0407. The molecule has 7 heteroatoms. The lowest BCUT2D eigenvalue weighted by Crippen LogP contribution is -2.49. The highest BCUT2D eigenvalue weighted by Crippen LogP contribution is 2.23. The summed E-state index contributed by atoms with van der Waals surface area (Å²) >= 11 is 0. The van der Waals surface area contributed by atoms with E-state index in [4.69, 9.17) is 4.74 Å². The highest BCUT2D eigenvalue weighted by atomic mass is 16.5. The first-order valence-electron chi connectivity index (χ1n) is 7.84. The first-order chi connectivity index (χ1) is 10.6. The molecule has 3 rings (SSSR count). The molecule has 3 heterocycles. The van der Waals surface area contributed by atoms with Crippen LogP contribution in [0.3, 0.4) is 0 Å². The van der Waals surface area contributed by atoms with Crippen LogP contribution in [0.1, 0.15) is 12.2 Å². The van der Waals surface area contributed by atoms with Gasteiger partial charge in [-0.25, -0.2) is 4.98 Å². The third kappa shape index (κ3) is 3.48. The molecule has 1 aromatic heterocycles. The Hall–Kier alpha value is -1.44. The number of aromatic nitrogens is 2. The number of carbonyl (C=O) groups excluding carboxylic acids is 1. The quantitative estimate of drug-likeness (QED) is 0.811. The maximum atomic E-state index is 12.4. The second-order valence-electron chi connectivity index (χ2n) is 6.28. The van der Waals surface area contributed by atoms with Crippen LogP contribution >= 0.6 is 0 Å². The van der Waals surface area contributed by atoms with Crippen LogP contribution in [0.2, 0.25) is 0 Å². The summed E-state index contributed by atoms with van der Waals surface area (Å²) in [7, 11) is 0. The molecule has 0 aromatic carbocycles. The molecule has 1 atom stereocenters. The molecule has 22 heavy (non-hydrogen) atoms. The van der Waals surface area contributed by atoms with Gasteiger partial charge in [0.15, 0.2) is 0 Å². The van der Waals surface area contributed by atoms with Crippen molar-refractivity contribution in [3.8, 4) is 0 Å². The van der Waals surface area contributed by atoms with Gasteiger partial charge in [-0.1, -0.05) is 0 Å². The van der Waals surface area contributed by atoms with E-state index in [0.29, 0.717) is 32.6 Å². The third-order valence-electron chi connectivity index (χ3n) is 4.54. The van der Waals surface area contributed by atoms with E-state index in [1.54, 1.807) is 11.1 Å².